The first kappa shape index (κ1) is 14.4. The second-order valence-electron chi connectivity index (χ2n) is 4.64. The summed E-state index contributed by atoms with van der Waals surface area (Å²) in [6.07, 6.45) is 1.37. The smallest absolute Gasteiger partial charge is 0.272 e. The summed E-state index contributed by atoms with van der Waals surface area (Å²) in [4.78, 5) is 26.3. The Morgan fingerprint density at radius 1 is 1.29 bits per heavy atom. The van der Waals surface area contributed by atoms with Crippen LogP contribution in [0.2, 0.25) is 0 Å². The molecule has 3 N–H and O–H groups in total. The van der Waals surface area contributed by atoms with Crippen LogP contribution in [-0.4, -0.2) is 15.8 Å². The highest BCUT2D eigenvalue weighted by atomic mass is 16.6. The number of pyridine rings is 1. The zero-order chi connectivity index (χ0) is 15.6. The normalized spacial score (nSPS) is 10.2. The molecule has 0 saturated heterocycles. The molecule has 7 nitrogen and oxygen atoms in total. The van der Waals surface area contributed by atoms with Gasteiger partial charge in [-0.15, -0.1) is 0 Å². The van der Waals surface area contributed by atoms with Crippen molar-refractivity contribution in [2.24, 2.45) is 0 Å². The minimum absolute atomic E-state index is 0.0275. The van der Waals surface area contributed by atoms with E-state index in [4.69, 9.17) is 5.73 Å². The van der Waals surface area contributed by atoms with Gasteiger partial charge in [-0.3, -0.25) is 14.9 Å². The van der Waals surface area contributed by atoms with Crippen molar-refractivity contribution in [1.29, 1.82) is 0 Å². The summed E-state index contributed by atoms with van der Waals surface area (Å²) >= 11 is 0. The highest BCUT2D eigenvalue weighted by Gasteiger charge is 2.15. The number of nitrogens with two attached hydrogens (primary N) is 1. The first-order valence-electron chi connectivity index (χ1n) is 6.17. The Morgan fingerprint density at radius 3 is 2.57 bits per heavy atom. The Kier molecular flexibility index (Phi) is 3.84. The van der Waals surface area contributed by atoms with Crippen molar-refractivity contribution in [2.45, 2.75) is 13.8 Å². The van der Waals surface area contributed by atoms with Crippen LogP contribution in [0.3, 0.4) is 0 Å². The lowest BCUT2D eigenvalue weighted by molar-refractivity contribution is -0.385. The zero-order valence-corrected chi connectivity index (χ0v) is 11.6. The van der Waals surface area contributed by atoms with Gasteiger partial charge in [-0.25, -0.2) is 4.98 Å². The van der Waals surface area contributed by atoms with Crippen molar-refractivity contribution < 1.29 is 9.72 Å². The van der Waals surface area contributed by atoms with Crippen molar-refractivity contribution in [1.82, 2.24) is 4.98 Å². The Hall–Kier alpha value is -2.96. The van der Waals surface area contributed by atoms with Crippen LogP contribution in [0.4, 0.5) is 17.2 Å². The number of aryl methyl sites for hydroxylation is 2. The zero-order valence-electron chi connectivity index (χ0n) is 11.6. The summed E-state index contributed by atoms with van der Waals surface area (Å²) in [6, 6.07) is 6.11. The van der Waals surface area contributed by atoms with Gasteiger partial charge in [0.15, 0.2) is 0 Å². The minimum atomic E-state index is -0.447. The number of nitrogens with one attached hydrogen (secondary N) is 1. The van der Waals surface area contributed by atoms with Crippen LogP contribution in [-0.2, 0) is 0 Å². The molecule has 2 rings (SSSR count). The lowest BCUT2D eigenvalue weighted by Gasteiger charge is -2.10. The maximum atomic E-state index is 12.1. The van der Waals surface area contributed by atoms with Gasteiger partial charge in [-0.1, -0.05) is 0 Å². The van der Waals surface area contributed by atoms with Gasteiger partial charge in [0.1, 0.15) is 5.82 Å². The third-order valence-electron chi connectivity index (χ3n) is 3.04. The number of hydrogen-bond donors (Lipinski definition) is 2. The fourth-order valence-electron chi connectivity index (χ4n) is 1.87. The Balaban J connectivity index is 2.27. The third-order valence-corrected chi connectivity index (χ3v) is 3.04. The van der Waals surface area contributed by atoms with Crippen LogP contribution in [0.5, 0.6) is 0 Å². The van der Waals surface area contributed by atoms with Gasteiger partial charge in [0.05, 0.1) is 10.5 Å². The highest BCUT2D eigenvalue weighted by Crippen LogP contribution is 2.26. The van der Waals surface area contributed by atoms with Gasteiger partial charge in [0.2, 0.25) is 0 Å². The summed E-state index contributed by atoms with van der Waals surface area (Å²) < 4.78 is 0. The molecule has 108 valence electrons. The Morgan fingerprint density at radius 2 is 2.00 bits per heavy atom. The fraction of sp³-hybridized carbons (Fsp3) is 0.143. The van der Waals surface area contributed by atoms with Crippen molar-refractivity contribution in [3.8, 4) is 0 Å². The molecule has 0 atom stereocenters. The molecule has 2 aromatic rings. The molecular formula is C14H14N4O3. The van der Waals surface area contributed by atoms with Crippen LogP contribution < -0.4 is 11.1 Å². The molecule has 7 heteroatoms. The van der Waals surface area contributed by atoms with Crippen molar-refractivity contribution >= 4 is 23.1 Å². The lowest BCUT2D eigenvalue weighted by Crippen LogP contribution is -2.13. The van der Waals surface area contributed by atoms with E-state index < -0.39 is 4.92 Å². The molecule has 0 aliphatic rings. The predicted octanol–water partition coefficient (Wildman–Crippen LogP) is 2.44. The number of rotatable bonds is 3. The number of carbonyl (C=O) groups excluding carboxylic acids is 1. The van der Waals surface area contributed by atoms with E-state index in [1.165, 1.54) is 18.3 Å². The molecule has 1 amide bonds. The number of anilines is 2. The Bertz CT molecular complexity index is 711. The van der Waals surface area contributed by atoms with E-state index in [1.807, 2.05) is 0 Å². The van der Waals surface area contributed by atoms with Crippen molar-refractivity contribution in [3.05, 3.63) is 57.3 Å². The van der Waals surface area contributed by atoms with Gasteiger partial charge in [0.25, 0.3) is 11.6 Å². The van der Waals surface area contributed by atoms with E-state index >= 15 is 0 Å². The number of nitro benzene ring substituents is 1. The number of hydrogen-bond acceptors (Lipinski definition) is 5. The molecule has 0 radical (unpaired) electrons. The monoisotopic (exact) mass is 286 g/mol. The molecule has 1 heterocycles. The number of nitrogen functional groups attached to an aromatic ring is 1. The van der Waals surface area contributed by atoms with E-state index in [0.29, 0.717) is 28.2 Å². The maximum absolute atomic E-state index is 12.1. The predicted molar refractivity (Wildman–Crippen MR) is 79.2 cm³/mol. The molecular weight excluding hydrogens is 272 g/mol. The topological polar surface area (TPSA) is 111 Å². The van der Waals surface area contributed by atoms with Gasteiger partial charge in [-0.2, -0.15) is 0 Å². The lowest BCUT2D eigenvalue weighted by atomic mass is 10.1. The SMILES string of the molecule is Cc1cc([N+](=O)[O-])c(C)cc1NC(=O)c1ccc(N)nc1. The molecule has 1 aromatic carbocycles. The van der Waals surface area contributed by atoms with Crippen LogP contribution in [0.15, 0.2) is 30.5 Å². The largest absolute Gasteiger partial charge is 0.384 e. The van der Waals surface area contributed by atoms with Gasteiger partial charge in [-0.05, 0) is 37.6 Å². The molecule has 0 saturated carbocycles. The van der Waals surface area contributed by atoms with E-state index in [-0.39, 0.29) is 11.6 Å². The van der Waals surface area contributed by atoms with Gasteiger partial charge >= 0.3 is 0 Å². The summed E-state index contributed by atoms with van der Waals surface area (Å²) in [5.41, 5.74) is 7.48. The average Bonchev–Trinajstić information content (AvgIpc) is 2.42. The summed E-state index contributed by atoms with van der Waals surface area (Å²) in [6.45, 7) is 3.32. The Labute approximate surface area is 121 Å². The summed E-state index contributed by atoms with van der Waals surface area (Å²) in [5.74, 6) is -0.0206. The number of nitro groups is 1. The molecule has 21 heavy (non-hydrogen) atoms. The van der Waals surface area contributed by atoms with Crippen molar-refractivity contribution in [2.75, 3.05) is 11.1 Å². The van der Waals surface area contributed by atoms with E-state index in [0.717, 1.165) is 0 Å². The summed E-state index contributed by atoms with van der Waals surface area (Å²) in [5, 5.41) is 13.6. The molecule has 0 spiro atoms. The average molecular weight is 286 g/mol. The molecule has 0 aliphatic carbocycles. The van der Waals surface area contributed by atoms with Gasteiger partial charge in [0, 0.05) is 23.5 Å². The maximum Gasteiger partial charge on any atom is 0.272 e. The first-order chi connectivity index (χ1) is 9.88. The molecule has 0 bridgehead atoms. The second-order valence-corrected chi connectivity index (χ2v) is 4.64. The van der Waals surface area contributed by atoms with Crippen LogP contribution >= 0.6 is 0 Å². The minimum Gasteiger partial charge on any atom is -0.384 e. The standard InChI is InChI=1S/C14H14N4O3/c1-8-6-12(18(20)21)9(2)5-11(8)17-14(19)10-3-4-13(15)16-7-10/h3-7H,1-2H3,(H2,15,16)(H,17,19). The number of carbonyl (C=O) groups is 1. The fourth-order valence-corrected chi connectivity index (χ4v) is 1.87. The first-order valence-corrected chi connectivity index (χ1v) is 6.17. The van der Waals surface area contributed by atoms with Crippen LogP contribution in [0, 0.1) is 24.0 Å². The molecule has 0 aliphatic heterocycles. The number of aromatic nitrogens is 1. The quantitative estimate of drug-likeness (QED) is 0.665. The van der Waals surface area contributed by atoms with E-state index in [9.17, 15) is 14.9 Å². The van der Waals surface area contributed by atoms with Crippen LogP contribution in [0.1, 0.15) is 21.5 Å². The number of benzene rings is 1. The van der Waals surface area contributed by atoms with Crippen molar-refractivity contribution in [3.63, 3.8) is 0 Å². The van der Waals surface area contributed by atoms with E-state index in [2.05, 4.69) is 10.3 Å². The second kappa shape index (κ2) is 5.58. The summed E-state index contributed by atoms with van der Waals surface area (Å²) in [7, 11) is 0. The third kappa shape index (κ3) is 3.14. The number of amides is 1. The number of nitrogens with zero attached hydrogens (tertiary/aromatic N) is 2. The molecule has 0 unspecified atom stereocenters. The highest BCUT2D eigenvalue weighted by molar-refractivity contribution is 6.04. The van der Waals surface area contributed by atoms with Gasteiger partial charge < -0.3 is 11.1 Å². The molecule has 0 fully saturated rings. The van der Waals surface area contributed by atoms with Crippen LogP contribution in [0.25, 0.3) is 0 Å². The molecule has 1 aromatic heterocycles. The van der Waals surface area contributed by atoms with E-state index in [1.54, 1.807) is 26.0 Å².